The zero-order valence-electron chi connectivity index (χ0n) is 12.9. The Balaban J connectivity index is 1.74. The lowest BCUT2D eigenvalue weighted by Gasteiger charge is -2.32. The highest BCUT2D eigenvalue weighted by Crippen LogP contribution is 2.40. The van der Waals surface area contributed by atoms with Crippen molar-refractivity contribution >= 4 is 5.57 Å². The van der Waals surface area contributed by atoms with E-state index in [2.05, 4.69) is 6.08 Å². The van der Waals surface area contributed by atoms with Crippen molar-refractivity contribution in [3.05, 3.63) is 41.0 Å². The molecular formula is C19H23F3. The molecule has 0 aromatic heterocycles. The summed E-state index contributed by atoms with van der Waals surface area (Å²) in [6.07, 6.45) is 11.6. The van der Waals surface area contributed by atoms with E-state index in [1.807, 2.05) is 0 Å². The predicted octanol–water partition coefficient (Wildman–Crippen LogP) is 6.20. The summed E-state index contributed by atoms with van der Waals surface area (Å²) in [5.41, 5.74) is 1.00. The first-order valence-electron chi connectivity index (χ1n) is 8.43. The second kappa shape index (κ2) is 6.89. The minimum Gasteiger partial charge on any atom is -0.246 e. The summed E-state index contributed by atoms with van der Waals surface area (Å²) in [4.78, 5) is 0. The van der Waals surface area contributed by atoms with Gasteiger partial charge in [-0.05, 0) is 36.7 Å². The van der Waals surface area contributed by atoms with E-state index < -0.39 is 18.3 Å². The van der Waals surface area contributed by atoms with E-state index in [1.165, 1.54) is 44.2 Å². The van der Waals surface area contributed by atoms with Crippen molar-refractivity contribution in [1.82, 2.24) is 0 Å². The van der Waals surface area contributed by atoms with E-state index in [1.54, 1.807) is 0 Å². The summed E-state index contributed by atoms with van der Waals surface area (Å²) in [7, 11) is 0. The smallest absolute Gasteiger partial charge is 0.166 e. The first-order valence-corrected chi connectivity index (χ1v) is 8.43. The maximum Gasteiger partial charge on any atom is 0.166 e. The molecule has 0 bridgehead atoms. The molecule has 3 rings (SSSR count). The van der Waals surface area contributed by atoms with Crippen LogP contribution in [0.3, 0.4) is 0 Å². The molecule has 120 valence electrons. The third kappa shape index (κ3) is 3.09. The lowest BCUT2D eigenvalue weighted by Crippen LogP contribution is -2.19. The summed E-state index contributed by atoms with van der Waals surface area (Å²) in [6, 6.07) is 2.89. The van der Waals surface area contributed by atoms with Crippen molar-refractivity contribution in [3.63, 3.8) is 0 Å². The standard InChI is InChI=1S/C19H23F3/c20-12-16-10-11-17(19(22)18(16)21)15-8-6-14(7-9-15)13-4-2-1-3-5-13/h8,10-11,13-14H,1-7,9,12H2. The van der Waals surface area contributed by atoms with Crippen LogP contribution in [0.25, 0.3) is 5.57 Å². The van der Waals surface area contributed by atoms with Gasteiger partial charge in [-0.25, -0.2) is 13.2 Å². The van der Waals surface area contributed by atoms with E-state index in [4.69, 9.17) is 0 Å². The first kappa shape index (κ1) is 15.6. The van der Waals surface area contributed by atoms with Crippen molar-refractivity contribution in [2.24, 2.45) is 11.8 Å². The quantitative estimate of drug-likeness (QED) is 0.624. The lowest BCUT2D eigenvalue weighted by molar-refractivity contribution is 0.235. The number of alkyl halides is 1. The maximum atomic E-state index is 14.1. The van der Waals surface area contributed by atoms with Gasteiger partial charge in [-0.15, -0.1) is 0 Å². The third-order valence-corrected chi connectivity index (χ3v) is 5.42. The van der Waals surface area contributed by atoms with Crippen LogP contribution in [0.4, 0.5) is 13.2 Å². The molecule has 0 radical (unpaired) electrons. The van der Waals surface area contributed by atoms with Crippen LogP contribution in [0, 0.1) is 23.5 Å². The second-order valence-electron chi connectivity index (χ2n) is 6.70. The average Bonchev–Trinajstić information content (AvgIpc) is 2.58. The molecule has 0 aliphatic heterocycles. The fraction of sp³-hybridized carbons (Fsp3) is 0.579. The average molecular weight is 308 g/mol. The third-order valence-electron chi connectivity index (χ3n) is 5.42. The fourth-order valence-electron chi connectivity index (χ4n) is 4.07. The van der Waals surface area contributed by atoms with Gasteiger partial charge in [0.15, 0.2) is 11.6 Å². The minimum absolute atomic E-state index is 0.197. The Hall–Kier alpha value is -1.25. The van der Waals surface area contributed by atoms with Crippen LogP contribution in [0.15, 0.2) is 18.2 Å². The molecule has 1 atom stereocenters. The summed E-state index contributed by atoms with van der Waals surface area (Å²) in [6.45, 7) is -0.966. The number of hydrogen-bond acceptors (Lipinski definition) is 0. The predicted molar refractivity (Wildman–Crippen MR) is 83.1 cm³/mol. The summed E-state index contributed by atoms with van der Waals surface area (Å²) in [5.74, 6) is -0.419. The molecule has 0 N–H and O–H groups in total. The van der Waals surface area contributed by atoms with Crippen LogP contribution < -0.4 is 0 Å². The number of benzene rings is 1. The van der Waals surface area contributed by atoms with Crippen molar-refractivity contribution in [2.45, 2.75) is 58.0 Å². The molecule has 1 unspecified atom stereocenters. The molecule has 22 heavy (non-hydrogen) atoms. The second-order valence-corrected chi connectivity index (χ2v) is 6.70. The lowest BCUT2D eigenvalue weighted by atomic mass is 9.73. The van der Waals surface area contributed by atoms with Gasteiger partial charge in [-0.3, -0.25) is 0 Å². The molecule has 0 amide bonds. The zero-order chi connectivity index (χ0) is 15.5. The molecule has 0 heterocycles. The highest BCUT2D eigenvalue weighted by molar-refractivity contribution is 5.67. The molecule has 0 spiro atoms. The molecule has 2 aliphatic carbocycles. The van der Waals surface area contributed by atoms with Crippen molar-refractivity contribution in [3.8, 4) is 0 Å². The number of halogens is 3. The highest BCUT2D eigenvalue weighted by atomic mass is 19.2. The van der Waals surface area contributed by atoms with Gasteiger partial charge in [-0.1, -0.05) is 50.3 Å². The molecule has 1 fully saturated rings. The van der Waals surface area contributed by atoms with E-state index in [-0.39, 0.29) is 5.56 Å². The largest absolute Gasteiger partial charge is 0.246 e. The minimum atomic E-state index is -1.03. The van der Waals surface area contributed by atoms with E-state index in [9.17, 15) is 13.2 Å². The molecule has 1 aromatic rings. The normalized spacial score (nSPS) is 23.4. The van der Waals surface area contributed by atoms with E-state index >= 15 is 0 Å². The Morgan fingerprint density at radius 3 is 2.32 bits per heavy atom. The molecule has 1 aromatic carbocycles. The maximum absolute atomic E-state index is 14.1. The Kier molecular flexibility index (Phi) is 4.90. The molecule has 3 heteroatoms. The zero-order valence-corrected chi connectivity index (χ0v) is 12.9. The van der Waals surface area contributed by atoms with Crippen molar-refractivity contribution < 1.29 is 13.2 Å². The Morgan fingerprint density at radius 1 is 0.909 bits per heavy atom. The Labute approximate surface area is 130 Å². The van der Waals surface area contributed by atoms with Crippen LogP contribution in [-0.4, -0.2) is 0 Å². The van der Waals surface area contributed by atoms with Gasteiger partial charge in [0.2, 0.25) is 0 Å². The van der Waals surface area contributed by atoms with Gasteiger partial charge >= 0.3 is 0 Å². The molecular weight excluding hydrogens is 285 g/mol. The van der Waals surface area contributed by atoms with Gasteiger partial charge in [0.25, 0.3) is 0 Å². The summed E-state index contributed by atoms with van der Waals surface area (Å²) in [5, 5.41) is 0. The summed E-state index contributed by atoms with van der Waals surface area (Å²) >= 11 is 0. The monoisotopic (exact) mass is 308 g/mol. The van der Waals surface area contributed by atoms with Crippen LogP contribution >= 0.6 is 0 Å². The van der Waals surface area contributed by atoms with Crippen LogP contribution in [0.2, 0.25) is 0 Å². The Morgan fingerprint density at radius 2 is 1.68 bits per heavy atom. The van der Waals surface area contributed by atoms with Crippen LogP contribution in [-0.2, 0) is 6.67 Å². The summed E-state index contributed by atoms with van der Waals surface area (Å²) < 4.78 is 40.4. The topological polar surface area (TPSA) is 0 Å². The van der Waals surface area contributed by atoms with Gasteiger partial charge in [0, 0.05) is 11.1 Å². The fourth-order valence-corrected chi connectivity index (χ4v) is 4.07. The highest BCUT2D eigenvalue weighted by Gasteiger charge is 2.26. The molecule has 0 saturated heterocycles. The number of allylic oxidation sites excluding steroid dienone is 2. The number of hydrogen-bond donors (Lipinski definition) is 0. The first-order chi connectivity index (χ1) is 10.7. The van der Waals surface area contributed by atoms with Crippen LogP contribution in [0.5, 0.6) is 0 Å². The Bertz CT molecular complexity index is 556. The van der Waals surface area contributed by atoms with Gasteiger partial charge in [-0.2, -0.15) is 0 Å². The van der Waals surface area contributed by atoms with E-state index in [0.29, 0.717) is 11.5 Å². The van der Waals surface area contributed by atoms with Gasteiger partial charge in [0.1, 0.15) is 6.67 Å². The van der Waals surface area contributed by atoms with Crippen molar-refractivity contribution in [2.75, 3.05) is 0 Å². The molecule has 2 aliphatic rings. The van der Waals surface area contributed by atoms with E-state index in [0.717, 1.165) is 30.8 Å². The van der Waals surface area contributed by atoms with Gasteiger partial charge in [0.05, 0.1) is 0 Å². The SMILES string of the molecule is FCc1ccc(C2=CCC(C3CCCCC3)CC2)c(F)c1F. The van der Waals surface area contributed by atoms with Crippen LogP contribution in [0.1, 0.15) is 62.5 Å². The molecule has 1 saturated carbocycles. The van der Waals surface area contributed by atoms with Crippen molar-refractivity contribution in [1.29, 1.82) is 0 Å². The molecule has 0 nitrogen and oxygen atoms in total. The van der Waals surface area contributed by atoms with Gasteiger partial charge < -0.3 is 0 Å². The number of rotatable bonds is 3.